The minimum atomic E-state index is 0.399. The standard InChI is InChI=1S/C18H22ClN/c1-3-18(16-8-10-17(19)11-9-16)20-13-12-15-7-5-4-6-14(15)2/h4-11,18,20H,3,12-13H2,1-2H3. The van der Waals surface area contributed by atoms with E-state index in [-0.39, 0.29) is 0 Å². The molecule has 2 aromatic carbocycles. The van der Waals surface area contributed by atoms with Crippen LogP contribution in [0.1, 0.15) is 36.1 Å². The molecule has 0 aliphatic carbocycles. The summed E-state index contributed by atoms with van der Waals surface area (Å²) >= 11 is 5.94. The number of rotatable bonds is 6. The van der Waals surface area contributed by atoms with Gasteiger partial charge in [-0.15, -0.1) is 0 Å². The van der Waals surface area contributed by atoms with Gasteiger partial charge in [0.1, 0.15) is 0 Å². The Kier molecular flexibility index (Phi) is 5.63. The molecule has 0 amide bonds. The number of hydrogen-bond donors (Lipinski definition) is 1. The first-order valence-electron chi connectivity index (χ1n) is 7.24. The van der Waals surface area contributed by atoms with Crippen molar-refractivity contribution in [3.63, 3.8) is 0 Å². The van der Waals surface area contributed by atoms with Gasteiger partial charge in [-0.05, 0) is 55.1 Å². The van der Waals surface area contributed by atoms with Gasteiger partial charge in [0, 0.05) is 11.1 Å². The highest BCUT2D eigenvalue weighted by atomic mass is 35.5. The minimum Gasteiger partial charge on any atom is -0.310 e. The maximum absolute atomic E-state index is 5.94. The Hall–Kier alpha value is -1.31. The summed E-state index contributed by atoms with van der Waals surface area (Å²) in [5, 5.41) is 4.43. The molecule has 0 radical (unpaired) electrons. The number of halogens is 1. The van der Waals surface area contributed by atoms with E-state index in [9.17, 15) is 0 Å². The second-order valence-corrected chi connectivity index (χ2v) is 5.58. The van der Waals surface area contributed by atoms with E-state index in [4.69, 9.17) is 11.6 Å². The minimum absolute atomic E-state index is 0.399. The van der Waals surface area contributed by atoms with E-state index >= 15 is 0 Å². The van der Waals surface area contributed by atoms with Crippen LogP contribution in [0.4, 0.5) is 0 Å². The van der Waals surface area contributed by atoms with Crippen molar-refractivity contribution >= 4 is 11.6 Å². The van der Waals surface area contributed by atoms with Crippen molar-refractivity contribution in [1.82, 2.24) is 5.32 Å². The van der Waals surface area contributed by atoms with Crippen LogP contribution in [0.25, 0.3) is 0 Å². The normalized spacial score (nSPS) is 12.3. The number of nitrogens with one attached hydrogen (secondary N) is 1. The van der Waals surface area contributed by atoms with E-state index in [0.29, 0.717) is 6.04 Å². The van der Waals surface area contributed by atoms with E-state index in [1.165, 1.54) is 16.7 Å². The zero-order valence-electron chi connectivity index (χ0n) is 12.2. The molecule has 1 unspecified atom stereocenters. The van der Waals surface area contributed by atoms with Gasteiger partial charge in [0.05, 0.1) is 0 Å². The molecule has 20 heavy (non-hydrogen) atoms. The van der Waals surface area contributed by atoms with Gasteiger partial charge in [0.15, 0.2) is 0 Å². The first-order valence-corrected chi connectivity index (χ1v) is 7.62. The van der Waals surface area contributed by atoms with Crippen LogP contribution < -0.4 is 5.32 Å². The van der Waals surface area contributed by atoms with Crippen molar-refractivity contribution < 1.29 is 0 Å². The third kappa shape index (κ3) is 4.09. The van der Waals surface area contributed by atoms with Crippen LogP contribution in [0, 0.1) is 6.92 Å². The quantitative estimate of drug-likeness (QED) is 0.794. The summed E-state index contributed by atoms with van der Waals surface area (Å²) in [6, 6.07) is 17.1. The Labute approximate surface area is 127 Å². The zero-order valence-corrected chi connectivity index (χ0v) is 13.0. The summed E-state index contributed by atoms with van der Waals surface area (Å²) in [6.07, 6.45) is 2.15. The van der Waals surface area contributed by atoms with Crippen LogP contribution in [0.5, 0.6) is 0 Å². The van der Waals surface area contributed by atoms with Gasteiger partial charge in [-0.1, -0.05) is 54.9 Å². The molecule has 0 aliphatic rings. The topological polar surface area (TPSA) is 12.0 Å². The van der Waals surface area contributed by atoms with E-state index in [2.05, 4.69) is 55.6 Å². The summed E-state index contributed by atoms with van der Waals surface area (Å²) in [6.45, 7) is 5.37. The lowest BCUT2D eigenvalue weighted by Crippen LogP contribution is -2.23. The maximum atomic E-state index is 5.94. The van der Waals surface area contributed by atoms with Crippen LogP contribution >= 0.6 is 11.6 Å². The first-order chi connectivity index (χ1) is 9.70. The van der Waals surface area contributed by atoms with Crippen molar-refractivity contribution in [2.75, 3.05) is 6.54 Å². The second-order valence-electron chi connectivity index (χ2n) is 5.14. The third-order valence-corrected chi connectivity index (χ3v) is 3.98. The molecule has 2 rings (SSSR count). The number of hydrogen-bond acceptors (Lipinski definition) is 1. The van der Waals surface area contributed by atoms with Crippen LogP contribution in [0.3, 0.4) is 0 Å². The van der Waals surface area contributed by atoms with Crippen LogP contribution in [0.2, 0.25) is 5.02 Å². The fraction of sp³-hybridized carbons (Fsp3) is 0.333. The molecule has 0 bridgehead atoms. The number of aryl methyl sites for hydroxylation is 1. The molecule has 2 aromatic rings. The summed E-state index contributed by atoms with van der Waals surface area (Å²) in [7, 11) is 0. The van der Waals surface area contributed by atoms with E-state index in [0.717, 1.165) is 24.4 Å². The predicted molar refractivity (Wildman–Crippen MR) is 87.4 cm³/mol. The van der Waals surface area contributed by atoms with E-state index in [1.807, 2.05) is 12.1 Å². The van der Waals surface area contributed by atoms with Gasteiger partial charge in [0.25, 0.3) is 0 Å². The summed E-state index contributed by atoms with van der Waals surface area (Å²) < 4.78 is 0. The average Bonchev–Trinajstić information content (AvgIpc) is 2.47. The van der Waals surface area contributed by atoms with Crippen molar-refractivity contribution in [3.8, 4) is 0 Å². The van der Waals surface area contributed by atoms with Crippen LogP contribution in [0.15, 0.2) is 48.5 Å². The third-order valence-electron chi connectivity index (χ3n) is 3.73. The van der Waals surface area contributed by atoms with Crippen molar-refractivity contribution in [2.45, 2.75) is 32.7 Å². The molecular weight excluding hydrogens is 266 g/mol. The zero-order chi connectivity index (χ0) is 14.4. The lowest BCUT2D eigenvalue weighted by Gasteiger charge is -2.18. The van der Waals surface area contributed by atoms with E-state index < -0.39 is 0 Å². The summed E-state index contributed by atoms with van der Waals surface area (Å²) in [5.41, 5.74) is 4.10. The molecule has 1 N–H and O–H groups in total. The summed E-state index contributed by atoms with van der Waals surface area (Å²) in [4.78, 5) is 0. The van der Waals surface area contributed by atoms with Gasteiger partial charge in [-0.25, -0.2) is 0 Å². The molecule has 1 atom stereocenters. The Bertz CT molecular complexity index is 533. The Morgan fingerprint density at radius 2 is 1.75 bits per heavy atom. The Morgan fingerprint density at radius 3 is 2.40 bits per heavy atom. The fourth-order valence-corrected chi connectivity index (χ4v) is 2.59. The largest absolute Gasteiger partial charge is 0.310 e. The molecule has 2 heteroatoms. The summed E-state index contributed by atoms with van der Waals surface area (Å²) in [5.74, 6) is 0. The van der Waals surface area contributed by atoms with Gasteiger partial charge in [0.2, 0.25) is 0 Å². The van der Waals surface area contributed by atoms with Gasteiger partial charge < -0.3 is 5.32 Å². The molecule has 0 spiro atoms. The monoisotopic (exact) mass is 287 g/mol. The molecule has 0 fully saturated rings. The van der Waals surface area contributed by atoms with Crippen molar-refractivity contribution in [3.05, 3.63) is 70.2 Å². The smallest absolute Gasteiger partial charge is 0.0406 e. The first kappa shape index (κ1) is 15.1. The molecule has 0 heterocycles. The molecule has 0 saturated heterocycles. The lowest BCUT2D eigenvalue weighted by molar-refractivity contribution is 0.522. The van der Waals surface area contributed by atoms with Crippen molar-refractivity contribution in [2.24, 2.45) is 0 Å². The Morgan fingerprint density at radius 1 is 1.05 bits per heavy atom. The van der Waals surface area contributed by atoms with Crippen LogP contribution in [-0.2, 0) is 6.42 Å². The van der Waals surface area contributed by atoms with Gasteiger partial charge >= 0.3 is 0 Å². The second kappa shape index (κ2) is 7.47. The Balaban J connectivity index is 1.91. The molecule has 1 nitrogen and oxygen atoms in total. The molecule has 0 saturated carbocycles. The SMILES string of the molecule is CCC(NCCc1ccccc1C)c1ccc(Cl)cc1. The van der Waals surface area contributed by atoms with E-state index in [1.54, 1.807) is 0 Å². The fourth-order valence-electron chi connectivity index (χ4n) is 2.46. The van der Waals surface area contributed by atoms with Gasteiger partial charge in [-0.3, -0.25) is 0 Å². The highest BCUT2D eigenvalue weighted by molar-refractivity contribution is 6.30. The highest BCUT2D eigenvalue weighted by Gasteiger charge is 2.08. The van der Waals surface area contributed by atoms with Crippen molar-refractivity contribution in [1.29, 1.82) is 0 Å². The molecular formula is C18H22ClN. The maximum Gasteiger partial charge on any atom is 0.0406 e. The average molecular weight is 288 g/mol. The molecule has 0 aromatic heterocycles. The molecule has 106 valence electrons. The molecule has 0 aliphatic heterocycles. The van der Waals surface area contributed by atoms with Crippen LogP contribution in [-0.4, -0.2) is 6.54 Å². The van der Waals surface area contributed by atoms with Gasteiger partial charge in [-0.2, -0.15) is 0 Å². The highest BCUT2D eigenvalue weighted by Crippen LogP contribution is 2.19. The number of benzene rings is 2. The lowest BCUT2D eigenvalue weighted by atomic mass is 10.0. The predicted octanol–water partition coefficient (Wildman–Crippen LogP) is 4.93.